The van der Waals surface area contributed by atoms with E-state index in [1.807, 2.05) is 6.92 Å². The average molecular weight is 364 g/mol. The van der Waals surface area contributed by atoms with Crippen molar-refractivity contribution in [2.75, 3.05) is 13.6 Å². The summed E-state index contributed by atoms with van der Waals surface area (Å²) in [7, 11) is -6.56. The Hall–Kier alpha value is -1.49. The topological polar surface area (TPSA) is 121 Å². The van der Waals surface area contributed by atoms with Gasteiger partial charge in [0.25, 0.3) is 0 Å². The quantitative estimate of drug-likeness (QED) is 0.692. The van der Waals surface area contributed by atoms with E-state index >= 15 is 0 Å². The van der Waals surface area contributed by atoms with Crippen molar-refractivity contribution in [1.82, 2.24) is 9.03 Å². The van der Waals surface area contributed by atoms with E-state index in [0.29, 0.717) is 10.7 Å². The predicted octanol–water partition coefficient (Wildman–Crippen LogP) is 0.469. The maximum Gasteiger partial charge on any atom is 0.321 e. The first-order valence-corrected chi connectivity index (χ1v) is 9.77. The largest absolute Gasteiger partial charge is 0.480 e. The molecular formula is C13H20N2O6S2. The van der Waals surface area contributed by atoms with Gasteiger partial charge in [0.1, 0.15) is 6.04 Å². The smallest absolute Gasteiger partial charge is 0.321 e. The van der Waals surface area contributed by atoms with E-state index in [9.17, 15) is 21.6 Å². The van der Waals surface area contributed by atoms with Crippen molar-refractivity contribution < 1.29 is 26.7 Å². The Morgan fingerprint density at radius 1 is 1.17 bits per heavy atom. The number of carboxylic acids is 1. The molecule has 0 heterocycles. The fourth-order valence-corrected chi connectivity index (χ4v) is 4.09. The zero-order chi connectivity index (χ0) is 17.8. The van der Waals surface area contributed by atoms with Crippen molar-refractivity contribution in [3.63, 3.8) is 0 Å². The zero-order valence-corrected chi connectivity index (χ0v) is 14.7. The summed E-state index contributed by atoms with van der Waals surface area (Å²) < 4.78 is 51.6. The van der Waals surface area contributed by atoms with Crippen molar-refractivity contribution in [1.29, 1.82) is 0 Å². The molecule has 1 aromatic rings. The molecule has 0 aromatic heterocycles. The standard InChI is InChI=1S/C13H20N2O6S2/c1-4-9-14-22(18,19)11-5-7-12(8-6-11)23(20,21)15(3)10(2)13(16)17/h5-8,10,14H,4,9H2,1-3H3,(H,16,17). The van der Waals surface area contributed by atoms with Crippen molar-refractivity contribution >= 4 is 26.0 Å². The normalized spacial score (nSPS) is 13.9. The fourth-order valence-electron chi connectivity index (χ4n) is 1.64. The second-order valence-electron chi connectivity index (χ2n) is 4.90. The number of carboxylic acid groups (broad SMARTS) is 1. The van der Waals surface area contributed by atoms with E-state index in [2.05, 4.69) is 4.72 Å². The summed E-state index contributed by atoms with van der Waals surface area (Å²) in [5, 5.41) is 8.90. The van der Waals surface area contributed by atoms with Crippen LogP contribution in [0.15, 0.2) is 34.1 Å². The maximum atomic E-state index is 12.3. The molecule has 1 unspecified atom stereocenters. The maximum absolute atomic E-state index is 12.3. The molecule has 130 valence electrons. The summed E-state index contributed by atoms with van der Waals surface area (Å²) in [5.74, 6) is -1.28. The van der Waals surface area contributed by atoms with Crippen LogP contribution in [0.2, 0.25) is 0 Å². The molecule has 10 heteroatoms. The second kappa shape index (κ2) is 7.39. The van der Waals surface area contributed by atoms with Crippen LogP contribution < -0.4 is 4.72 Å². The Morgan fingerprint density at radius 2 is 1.65 bits per heavy atom. The number of benzene rings is 1. The van der Waals surface area contributed by atoms with Gasteiger partial charge in [0.15, 0.2) is 0 Å². The van der Waals surface area contributed by atoms with Crippen molar-refractivity contribution in [3.05, 3.63) is 24.3 Å². The molecule has 0 aliphatic rings. The molecule has 0 spiro atoms. The first-order valence-electron chi connectivity index (χ1n) is 6.84. The number of nitrogens with one attached hydrogen (secondary N) is 1. The van der Waals surface area contributed by atoms with E-state index < -0.39 is 32.1 Å². The number of rotatable bonds is 8. The highest BCUT2D eigenvalue weighted by Gasteiger charge is 2.29. The highest BCUT2D eigenvalue weighted by Crippen LogP contribution is 2.19. The minimum absolute atomic E-state index is 0.0566. The summed E-state index contributed by atoms with van der Waals surface area (Å²) in [6.07, 6.45) is 0.629. The van der Waals surface area contributed by atoms with Crippen LogP contribution in [0.4, 0.5) is 0 Å². The summed E-state index contributed by atoms with van der Waals surface area (Å²) >= 11 is 0. The number of likely N-dealkylation sites (N-methyl/N-ethyl adjacent to an activating group) is 1. The van der Waals surface area contributed by atoms with Crippen LogP contribution in [0.5, 0.6) is 0 Å². The lowest BCUT2D eigenvalue weighted by Gasteiger charge is -2.21. The molecule has 8 nitrogen and oxygen atoms in total. The molecule has 1 rings (SSSR count). The lowest BCUT2D eigenvalue weighted by atomic mass is 10.4. The van der Waals surface area contributed by atoms with Crippen LogP contribution in [0, 0.1) is 0 Å². The number of hydrogen-bond acceptors (Lipinski definition) is 5. The van der Waals surface area contributed by atoms with Crippen LogP contribution >= 0.6 is 0 Å². The Kier molecular flexibility index (Phi) is 6.28. The van der Waals surface area contributed by atoms with E-state index in [0.717, 1.165) is 19.2 Å². The minimum atomic E-state index is -4.03. The van der Waals surface area contributed by atoms with Gasteiger partial charge < -0.3 is 5.11 Å². The van der Waals surface area contributed by atoms with Gasteiger partial charge in [-0.15, -0.1) is 0 Å². The van der Waals surface area contributed by atoms with Gasteiger partial charge in [-0.2, -0.15) is 4.31 Å². The number of nitrogens with zero attached hydrogens (tertiary/aromatic N) is 1. The zero-order valence-electron chi connectivity index (χ0n) is 13.1. The van der Waals surface area contributed by atoms with Crippen LogP contribution in [0.1, 0.15) is 20.3 Å². The first kappa shape index (κ1) is 19.6. The molecule has 0 amide bonds. The third-order valence-electron chi connectivity index (χ3n) is 3.26. The summed E-state index contributed by atoms with van der Waals surface area (Å²) in [6, 6.07) is 3.38. The summed E-state index contributed by atoms with van der Waals surface area (Å²) in [6.45, 7) is 3.34. The molecule has 0 bridgehead atoms. The summed E-state index contributed by atoms with van der Waals surface area (Å²) in [5.41, 5.74) is 0. The monoisotopic (exact) mass is 364 g/mol. The van der Waals surface area contributed by atoms with Gasteiger partial charge in [0.2, 0.25) is 20.0 Å². The van der Waals surface area contributed by atoms with E-state index in [1.165, 1.54) is 19.1 Å². The third-order valence-corrected chi connectivity index (χ3v) is 6.68. The predicted molar refractivity (Wildman–Crippen MR) is 84.0 cm³/mol. The average Bonchev–Trinajstić information content (AvgIpc) is 2.51. The Bertz CT molecular complexity index is 756. The Labute approximate surface area is 136 Å². The van der Waals surface area contributed by atoms with Crippen molar-refractivity contribution in [2.45, 2.75) is 36.1 Å². The molecule has 2 N–H and O–H groups in total. The first-order chi connectivity index (χ1) is 10.5. The molecule has 1 aromatic carbocycles. The van der Waals surface area contributed by atoms with Crippen LogP contribution in [0.3, 0.4) is 0 Å². The number of carbonyl (C=O) groups is 1. The molecule has 23 heavy (non-hydrogen) atoms. The van der Waals surface area contributed by atoms with Crippen molar-refractivity contribution in [2.24, 2.45) is 0 Å². The van der Waals surface area contributed by atoms with E-state index in [-0.39, 0.29) is 16.3 Å². The SMILES string of the molecule is CCCNS(=O)(=O)c1ccc(S(=O)(=O)N(C)C(C)C(=O)O)cc1. The minimum Gasteiger partial charge on any atom is -0.480 e. The van der Waals surface area contributed by atoms with E-state index in [4.69, 9.17) is 5.11 Å². The highest BCUT2D eigenvalue weighted by atomic mass is 32.2. The number of aliphatic carboxylic acids is 1. The van der Waals surface area contributed by atoms with Gasteiger partial charge in [-0.25, -0.2) is 21.6 Å². The molecule has 1 atom stereocenters. The number of hydrogen-bond donors (Lipinski definition) is 2. The lowest BCUT2D eigenvalue weighted by molar-refractivity contribution is -0.140. The van der Waals surface area contributed by atoms with Gasteiger partial charge >= 0.3 is 5.97 Å². The third kappa shape index (κ3) is 4.50. The Balaban J connectivity index is 3.11. The molecule has 0 aliphatic heterocycles. The van der Waals surface area contributed by atoms with Crippen LogP contribution in [0.25, 0.3) is 0 Å². The van der Waals surface area contributed by atoms with Gasteiger partial charge in [-0.3, -0.25) is 4.79 Å². The lowest BCUT2D eigenvalue weighted by Crippen LogP contribution is -2.40. The molecule has 0 aliphatic carbocycles. The fraction of sp³-hybridized carbons (Fsp3) is 0.462. The molecule has 0 radical (unpaired) electrons. The molecule has 0 fully saturated rings. The number of sulfonamides is 2. The van der Waals surface area contributed by atoms with Gasteiger partial charge in [0.05, 0.1) is 9.79 Å². The Morgan fingerprint density at radius 3 is 2.09 bits per heavy atom. The summed E-state index contributed by atoms with van der Waals surface area (Å²) in [4.78, 5) is 10.7. The van der Waals surface area contributed by atoms with Gasteiger partial charge in [-0.05, 0) is 37.6 Å². The van der Waals surface area contributed by atoms with Gasteiger partial charge in [0, 0.05) is 13.6 Å². The van der Waals surface area contributed by atoms with Crippen LogP contribution in [-0.2, 0) is 24.8 Å². The molecular weight excluding hydrogens is 344 g/mol. The van der Waals surface area contributed by atoms with Crippen LogP contribution in [-0.4, -0.2) is 51.9 Å². The molecule has 0 saturated heterocycles. The highest BCUT2D eigenvalue weighted by molar-refractivity contribution is 7.89. The van der Waals surface area contributed by atoms with Crippen molar-refractivity contribution in [3.8, 4) is 0 Å². The van der Waals surface area contributed by atoms with E-state index in [1.54, 1.807) is 0 Å². The second-order valence-corrected chi connectivity index (χ2v) is 8.67. The van der Waals surface area contributed by atoms with Gasteiger partial charge in [-0.1, -0.05) is 6.92 Å². The molecule has 0 saturated carbocycles.